The number of fused-ring (bicyclic) bond motifs is 1. The van der Waals surface area contributed by atoms with Gasteiger partial charge in [-0.15, -0.1) is 0 Å². The van der Waals surface area contributed by atoms with Gasteiger partial charge in [0.05, 0.1) is 7.11 Å². The largest absolute Gasteiger partial charge is 0.497 e. The first-order chi connectivity index (χ1) is 13.2. The van der Waals surface area contributed by atoms with E-state index in [2.05, 4.69) is 11.4 Å². The molecule has 1 atom stereocenters. The number of ether oxygens (including phenoxy) is 2. The van der Waals surface area contributed by atoms with E-state index in [1.54, 1.807) is 14.0 Å². The van der Waals surface area contributed by atoms with Gasteiger partial charge >= 0.3 is 0 Å². The molecule has 0 saturated heterocycles. The molecule has 4 nitrogen and oxygen atoms in total. The molecule has 0 spiro atoms. The van der Waals surface area contributed by atoms with Gasteiger partial charge in [0, 0.05) is 11.9 Å². The predicted molar refractivity (Wildman–Crippen MR) is 108 cm³/mol. The van der Waals surface area contributed by atoms with Crippen LogP contribution in [0.4, 0.5) is 0 Å². The molecule has 0 radical (unpaired) electrons. The van der Waals surface area contributed by atoms with Gasteiger partial charge in [0.2, 0.25) is 0 Å². The Morgan fingerprint density at radius 1 is 1.04 bits per heavy atom. The van der Waals surface area contributed by atoms with Gasteiger partial charge in [0.15, 0.2) is 6.10 Å². The van der Waals surface area contributed by atoms with E-state index >= 15 is 0 Å². The van der Waals surface area contributed by atoms with Crippen molar-refractivity contribution in [2.75, 3.05) is 13.7 Å². The fourth-order valence-corrected chi connectivity index (χ4v) is 3.02. The third-order valence-corrected chi connectivity index (χ3v) is 4.50. The lowest BCUT2D eigenvalue weighted by Gasteiger charge is -2.16. The van der Waals surface area contributed by atoms with E-state index in [0.717, 1.165) is 35.1 Å². The Kier molecular flexibility index (Phi) is 6.31. The van der Waals surface area contributed by atoms with Crippen LogP contribution in [-0.2, 0) is 11.2 Å². The molecule has 0 unspecified atom stereocenters. The third-order valence-electron chi connectivity index (χ3n) is 4.50. The first kappa shape index (κ1) is 18.8. The number of amides is 1. The van der Waals surface area contributed by atoms with Gasteiger partial charge in [0.25, 0.3) is 5.91 Å². The van der Waals surface area contributed by atoms with Crippen LogP contribution in [0.25, 0.3) is 10.8 Å². The molecule has 0 saturated carbocycles. The maximum atomic E-state index is 12.3. The number of aryl methyl sites for hydroxylation is 1. The van der Waals surface area contributed by atoms with Crippen molar-refractivity contribution in [3.63, 3.8) is 0 Å². The van der Waals surface area contributed by atoms with Gasteiger partial charge in [-0.3, -0.25) is 4.79 Å². The number of nitrogens with one attached hydrogen (secondary N) is 1. The van der Waals surface area contributed by atoms with Crippen molar-refractivity contribution in [1.82, 2.24) is 5.32 Å². The summed E-state index contributed by atoms with van der Waals surface area (Å²) in [4.78, 5) is 12.3. The molecule has 4 heteroatoms. The molecule has 140 valence electrons. The number of rotatable bonds is 8. The second kappa shape index (κ2) is 9.08. The zero-order chi connectivity index (χ0) is 19.1. The highest BCUT2D eigenvalue weighted by molar-refractivity contribution is 5.89. The molecule has 3 aromatic carbocycles. The maximum Gasteiger partial charge on any atom is 0.260 e. The molecule has 0 heterocycles. The smallest absolute Gasteiger partial charge is 0.260 e. The first-order valence-electron chi connectivity index (χ1n) is 9.22. The highest BCUT2D eigenvalue weighted by Crippen LogP contribution is 2.26. The normalized spacial score (nSPS) is 11.8. The van der Waals surface area contributed by atoms with Crippen LogP contribution in [0.2, 0.25) is 0 Å². The molecule has 0 fully saturated rings. The second-order valence-electron chi connectivity index (χ2n) is 6.48. The Bertz CT molecular complexity index is 902. The summed E-state index contributed by atoms with van der Waals surface area (Å²) in [6.07, 6.45) is 1.20. The van der Waals surface area contributed by atoms with Gasteiger partial charge in [-0.05, 0) is 48.9 Å². The fourth-order valence-electron chi connectivity index (χ4n) is 3.02. The van der Waals surface area contributed by atoms with Crippen molar-refractivity contribution in [3.05, 3.63) is 72.3 Å². The Labute approximate surface area is 160 Å². The number of methoxy groups -OCH3 is 1. The first-order valence-corrected chi connectivity index (χ1v) is 9.22. The van der Waals surface area contributed by atoms with E-state index < -0.39 is 6.10 Å². The van der Waals surface area contributed by atoms with Gasteiger partial charge < -0.3 is 14.8 Å². The molecule has 3 aromatic rings. The number of benzene rings is 3. The van der Waals surface area contributed by atoms with E-state index in [-0.39, 0.29) is 5.91 Å². The summed E-state index contributed by atoms with van der Waals surface area (Å²) in [5.41, 5.74) is 1.20. The predicted octanol–water partition coefficient (Wildman–Crippen LogP) is 4.36. The Morgan fingerprint density at radius 3 is 2.67 bits per heavy atom. The molecule has 1 amide bonds. The van der Waals surface area contributed by atoms with Crippen molar-refractivity contribution < 1.29 is 14.3 Å². The number of carbonyl (C=O) groups excluding carboxylic acids is 1. The van der Waals surface area contributed by atoms with E-state index in [1.165, 1.54) is 5.56 Å². The summed E-state index contributed by atoms with van der Waals surface area (Å²) in [5.74, 6) is 1.48. The summed E-state index contributed by atoms with van der Waals surface area (Å²) < 4.78 is 11.1. The maximum absolute atomic E-state index is 12.3. The van der Waals surface area contributed by atoms with E-state index in [1.807, 2.05) is 60.7 Å². The topological polar surface area (TPSA) is 47.6 Å². The van der Waals surface area contributed by atoms with Crippen LogP contribution in [0.5, 0.6) is 11.5 Å². The highest BCUT2D eigenvalue weighted by Gasteiger charge is 2.15. The molecule has 0 aliphatic carbocycles. The Balaban J connectivity index is 1.49. The minimum Gasteiger partial charge on any atom is -0.497 e. The lowest BCUT2D eigenvalue weighted by atomic mass is 10.1. The zero-order valence-electron chi connectivity index (χ0n) is 15.8. The number of hydrogen-bond donors (Lipinski definition) is 1. The summed E-state index contributed by atoms with van der Waals surface area (Å²) in [7, 11) is 1.66. The minimum atomic E-state index is -0.548. The van der Waals surface area contributed by atoms with E-state index in [9.17, 15) is 4.79 Å². The van der Waals surface area contributed by atoms with Crippen molar-refractivity contribution in [2.24, 2.45) is 0 Å². The van der Waals surface area contributed by atoms with Crippen LogP contribution in [-0.4, -0.2) is 25.7 Å². The van der Waals surface area contributed by atoms with Gasteiger partial charge in [0.1, 0.15) is 11.5 Å². The second-order valence-corrected chi connectivity index (χ2v) is 6.48. The standard InChI is InChI=1S/C23H25NO3/c1-17(27-22-14-6-11-19-10-3-4-13-21(19)22)23(25)24-15-7-9-18-8-5-12-20(16-18)26-2/h3-6,8,10-14,16-17H,7,9,15H2,1-2H3,(H,24,25)/t17-/m0/s1. The van der Waals surface area contributed by atoms with E-state index in [0.29, 0.717) is 6.54 Å². The van der Waals surface area contributed by atoms with Gasteiger partial charge in [-0.25, -0.2) is 0 Å². The van der Waals surface area contributed by atoms with Crippen molar-refractivity contribution in [1.29, 1.82) is 0 Å². The van der Waals surface area contributed by atoms with Crippen LogP contribution < -0.4 is 14.8 Å². The molecule has 0 aliphatic rings. The van der Waals surface area contributed by atoms with Gasteiger partial charge in [-0.1, -0.05) is 48.5 Å². The van der Waals surface area contributed by atoms with Crippen molar-refractivity contribution in [2.45, 2.75) is 25.9 Å². The monoisotopic (exact) mass is 363 g/mol. The van der Waals surface area contributed by atoms with Crippen LogP contribution in [0.15, 0.2) is 66.7 Å². The lowest BCUT2D eigenvalue weighted by Crippen LogP contribution is -2.37. The Hall–Kier alpha value is -3.01. The summed E-state index contributed by atoms with van der Waals surface area (Å²) in [5, 5.41) is 5.06. The van der Waals surface area contributed by atoms with Crippen molar-refractivity contribution in [3.8, 4) is 11.5 Å². The van der Waals surface area contributed by atoms with Crippen LogP contribution in [0.3, 0.4) is 0 Å². The quantitative estimate of drug-likeness (QED) is 0.605. The van der Waals surface area contributed by atoms with E-state index in [4.69, 9.17) is 9.47 Å². The molecule has 3 rings (SSSR count). The number of carbonyl (C=O) groups is 1. The average molecular weight is 363 g/mol. The molecular weight excluding hydrogens is 338 g/mol. The van der Waals surface area contributed by atoms with Crippen molar-refractivity contribution >= 4 is 16.7 Å². The zero-order valence-corrected chi connectivity index (χ0v) is 15.8. The van der Waals surface area contributed by atoms with Crippen LogP contribution in [0, 0.1) is 0 Å². The molecular formula is C23H25NO3. The third kappa shape index (κ3) is 5.00. The Morgan fingerprint density at radius 2 is 1.81 bits per heavy atom. The fraction of sp³-hybridized carbons (Fsp3) is 0.261. The minimum absolute atomic E-state index is 0.103. The molecule has 0 aromatic heterocycles. The summed E-state index contributed by atoms with van der Waals surface area (Å²) in [6.45, 7) is 2.39. The molecule has 1 N–H and O–H groups in total. The number of hydrogen-bond acceptors (Lipinski definition) is 3. The average Bonchev–Trinajstić information content (AvgIpc) is 2.71. The van der Waals surface area contributed by atoms with Crippen LogP contribution >= 0.6 is 0 Å². The highest BCUT2D eigenvalue weighted by atomic mass is 16.5. The molecule has 0 bridgehead atoms. The summed E-state index contributed by atoms with van der Waals surface area (Å²) >= 11 is 0. The summed E-state index contributed by atoms with van der Waals surface area (Å²) in [6, 6.07) is 21.9. The SMILES string of the molecule is COc1cccc(CCCNC(=O)[C@H](C)Oc2cccc3ccccc23)c1. The lowest BCUT2D eigenvalue weighted by molar-refractivity contribution is -0.127. The molecule has 0 aliphatic heterocycles. The molecule has 27 heavy (non-hydrogen) atoms. The van der Waals surface area contributed by atoms with Crippen LogP contribution in [0.1, 0.15) is 18.9 Å². The van der Waals surface area contributed by atoms with Gasteiger partial charge in [-0.2, -0.15) is 0 Å².